The number of aliphatic hydroxyl groups is 4. The summed E-state index contributed by atoms with van der Waals surface area (Å²) in [7, 11) is 0. The first-order valence-electron chi connectivity index (χ1n) is 13.6. The fourth-order valence-electron chi connectivity index (χ4n) is 4.46. The van der Waals surface area contributed by atoms with Crippen LogP contribution in [0.4, 0.5) is 0 Å². The molecule has 13 nitrogen and oxygen atoms in total. The molecule has 1 aliphatic rings. The Morgan fingerprint density at radius 2 is 1.75 bits per heavy atom. The molecule has 0 unspecified atom stereocenters. The van der Waals surface area contributed by atoms with Crippen molar-refractivity contribution in [3.05, 3.63) is 64.7 Å². The van der Waals surface area contributed by atoms with E-state index in [0.29, 0.717) is 34.9 Å². The highest BCUT2D eigenvalue weighted by atomic mass is 35.5. The number of carboxylic acids is 1. The third-order valence-electron chi connectivity index (χ3n) is 6.80. The fourth-order valence-corrected chi connectivity index (χ4v) is 4.59. The molecule has 44 heavy (non-hydrogen) atoms. The second-order valence-corrected chi connectivity index (χ2v) is 10.5. The number of halogens is 1. The zero-order valence-corrected chi connectivity index (χ0v) is 24.4. The van der Waals surface area contributed by atoms with Gasteiger partial charge in [0.25, 0.3) is 5.79 Å². The van der Waals surface area contributed by atoms with E-state index >= 15 is 0 Å². The van der Waals surface area contributed by atoms with Crippen molar-refractivity contribution in [1.82, 2.24) is 10.6 Å². The van der Waals surface area contributed by atoms with Crippen LogP contribution in [0.1, 0.15) is 24.0 Å². The van der Waals surface area contributed by atoms with Gasteiger partial charge in [-0.2, -0.15) is 0 Å². The van der Waals surface area contributed by atoms with E-state index in [9.17, 15) is 39.9 Å². The average Bonchev–Trinajstić information content (AvgIpc) is 3.01. The standard InChI is InChI=1S/C30H35ClN2O11/c1-2-3-12-42-21-10-6-19(7-11-21)17-43-30(29(40)41)14-22(35)26(33-25(38)16-34)28(44-30)27(39)23(36)15-32-24(37)13-18-4-8-20(31)9-5-18/h1,4-11,22-23,26-28,34-36,39H,3,12-17H2,(H,32,37)(H,33,38)(H,40,41)/t22-,23+,26+,27+,28+,30+/m0/s1. The zero-order valence-electron chi connectivity index (χ0n) is 23.6. The van der Waals surface area contributed by atoms with E-state index in [1.807, 2.05) is 0 Å². The number of rotatable bonds is 15. The van der Waals surface area contributed by atoms with Crippen LogP contribution >= 0.6 is 11.6 Å². The molecule has 3 rings (SSSR count). The second-order valence-electron chi connectivity index (χ2n) is 10.1. The molecule has 14 heteroatoms. The van der Waals surface area contributed by atoms with E-state index in [0.717, 1.165) is 0 Å². The lowest BCUT2D eigenvalue weighted by Gasteiger charge is -2.46. The number of ether oxygens (including phenoxy) is 3. The maximum Gasteiger partial charge on any atom is 0.364 e. The number of hydrogen-bond acceptors (Lipinski definition) is 10. The minimum atomic E-state index is -2.51. The Kier molecular flexibility index (Phi) is 12.9. The van der Waals surface area contributed by atoms with Gasteiger partial charge in [-0.3, -0.25) is 9.59 Å². The van der Waals surface area contributed by atoms with Gasteiger partial charge >= 0.3 is 5.97 Å². The lowest BCUT2D eigenvalue weighted by atomic mass is 9.88. The Labute approximate surface area is 258 Å². The molecule has 1 aliphatic heterocycles. The lowest BCUT2D eigenvalue weighted by Crippen LogP contribution is -2.68. The van der Waals surface area contributed by atoms with Gasteiger partial charge in [0.15, 0.2) is 0 Å². The SMILES string of the molecule is C#CCCOc1ccc(CO[C@]2(C(=O)O)C[C@H](O)[C@@H](NC(=O)CO)[C@H]([C@H](O)[C@H](O)CNC(=O)Cc3ccc(Cl)cc3)O2)cc1. The molecule has 2 aromatic rings. The van der Waals surface area contributed by atoms with Crippen LogP contribution < -0.4 is 15.4 Å². The number of amides is 2. The normalized spacial score (nSPS) is 22.7. The molecule has 1 fully saturated rings. The molecule has 0 bridgehead atoms. The molecule has 238 valence electrons. The van der Waals surface area contributed by atoms with Gasteiger partial charge in [0, 0.05) is 24.4 Å². The average molecular weight is 635 g/mol. The summed E-state index contributed by atoms with van der Waals surface area (Å²) in [5.41, 5.74) is 1.16. The summed E-state index contributed by atoms with van der Waals surface area (Å²) in [6.45, 7) is -1.45. The summed E-state index contributed by atoms with van der Waals surface area (Å²) in [4.78, 5) is 36.8. The summed E-state index contributed by atoms with van der Waals surface area (Å²) in [5, 5.41) is 57.2. The van der Waals surface area contributed by atoms with Crippen molar-refractivity contribution < 1.29 is 54.1 Å². The van der Waals surface area contributed by atoms with Gasteiger partial charge in [0.1, 0.15) is 24.6 Å². The molecular formula is C30H35ClN2O11. The number of carbonyl (C=O) groups excluding carboxylic acids is 2. The predicted octanol–water partition coefficient (Wildman–Crippen LogP) is -0.253. The molecule has 1 saturated heterocycles. The predicted molar refractivity (Wildman–Crippen MR) is 155 cm³/mol. The molecule has 2 amide bonds. The first-order valence-corrected chi connectivity index (χ1v) is 14.0. The topological polar surface area (TPSA) is 204 Å². The van der Waals surface area contributed by atoms with Crippen molar-refractivity contribution in [3.63, 3.8) is 0 Å². The molecule has 0 radical (unpaired) electrons. The minimum Gasteiger partial charge on any atom is -0.493 e. The van der Waals surface area contributed by atoms with Crippen LogP contribution in [0.2, 0.25) is 5.02 Å². The van der Waals surface area contributed by atoms with Crippen LogP contribution in [0.3, 0.4) is 0 Å². The number of carbonyl (C=O) groups is 3. The van der Waals surface area contributed by atoms with Crippen LogP contribution in [0.25, 0.3) is 0 Å². The van der Waals surface area contributed by atoms with Gasteiger partial charge in [-0.05, 0) is 35.4 Å². The van der Waals surface area contributed by atoms with Crippen molar-refractivity contribution in [2.75, 3.05) is 19.8 Å². The molecule has 0 aromatic heterocycles. The van der Waals surface area contributed by atoms with Gasteiger partial charge in [0.05, 0.1) is 37.9 Å². The third kappa shape index (κ3) is 9.63. The van der Waals surface area contributed by atoms with Crippen LogP contribution in [-0.2, 0) is 36.9 Å². The highest BCUT2D eigenvalue weighted by molar-refractivity contribution is 6.30. The Morgan fingerprint density at radius 1 is 1.09 bits per heavy atom. The summed E-state index contributed by atoms with van der Waals surface area (Å²) < 4.78 is 16.9. The van der Waals surface area contributed by atoms with Crippen molar-refractivity contribution in [3.8, 4) is 18.1 Å². The molecule has 1 heterocycles. The quantitative estimate of drug-likeness (QED) is 0.100. The van der Waals surface area contributed by atoms with Crippen molar-refractivity contribution in [2.45, 2.75) is 62.1 Å². The smallest absolute Gasteiger partial charge is 0.364 e. The first-order chi connectivity index (χ1) is 21.0. The van der Waals surface area contributed by atoms with Crippen LogP contribution in [0.15, 0.2) is 48.5 Å². The molecular weight excluding hydrogens is 600 g/mol. The van der Waals surface area contributed by atoms with E-state index < -0.39 is 73.6 Å². The molecule has 6 atom stereocenters. The van der Waals surface area contributed by atoms with E-state index in [-0.39, 0.29) is 13.0 Å². The van der Waals surface area contributed by atoms with E-state index in [1.165, 1.54) is 0 Å². The molecule has 7 N–H and O–H groups in total. The highest BCUT2D eigenvalue weighted by Gasteiger charge is 2.55. The van der Waals surface area contributed by atoms with Gasteiger partial charge in [-0.1, -0.05) is 35.9 Å². The van der Waals surface area contributed by atoms with Gasteiger partial charge in [-0.25, -0.2) is 4.79 Å². The minimum absolute atomic E-state index is 0.0538. The number of aliphatic carboxylic acids is 1. The second kappa shape index (κ2) is 16.4. The first kappa shape index (κ1) is 34.7. The van der Waals surface area contributed by atoms with E-state index in [1.54, 1.807) is 48.5 Å². The maximum atomic E-state index is 12.4. The van der Waals surface area contributed by atoms with Crippen LogP contribution in [0.5, 0.6) is 5.75 Å². The van der Waals surface area contributed by atoms with E-state index in [2.05, 4.69) is 16.6 Å². The Bertz CT molecular complexity index is 1300. The summed E-state index contributed by atoms with van der Waals surface area (Å²) in [6.07, 6.45) is -2.18. The lowest BCUT2D eigenvalue weighted by molar-refractivity contribution is -0.314. The summed E-state index contributed by atoms with van der Waals surface area (Å²) in [6, 6.07) is 11.5. The summed E-state index contributed by atoms with van der Waals surface area (Å²) in [5.74, 6) is -2.61. The van der Waals surface area contributed by atoms with Gasteiger partial charge in [-0.15, -0.1) is 12.3 Å². The fraction of sp³-hybridized carbons (Fsp3) is 0.433. The monoisotopic (exact) mass is 634 g/mol. The molecule has 0 saturated carbocycles. The van der Waals surface area contributed by atoms with Crippen molar-refractivity contribution in [1.29, 1.82) is 0 Å². The highest BCUT2D eigenvalue weighted by Crippen LogP contribution is 2.34. The summed E-state index contributed by atoms with van der Waals surface area (Å²) >= 11 is 5.85. The van der Waals surface area contributed by atoms with Crippen molar-refractivity contribution >= 4 is 29.4 Å². The van der Waals surface area contributed by atoms with Gasteiger partial charge in [0.2, 0.25) is 11.8 Å². The van der Waals surface area contributed by atoms with E-state index in [4.69, 9.17) is 32.2 Å². The Hall–Kier alpha value is -3.74. The number of carboxylic acid groups (broad SMARTS) is 1. The van der Waals surface area contributed by atoms with Crippen LogP contribution in [0, 0.1) is 12.3 Å². The number of benzene rings is 2. The molecule has 0 aliphatic carbocycles. The molecule has 2 aromatic carbocycles. The largest absolute Gasteiger partial charge is 0.493 e. The number of hydrogen-bond donors (Lipinski definition) is 7. The van der Waals surface area contributed by atoms with Gasteiger partial charge < -0.3 is 50.4 Å². The molecule has 0 spiro atoms. The zero-order chi connectivity index (χ0) is 32.3. The Balaban J connectivity index is 1.73. The number of aliphatic hydroxyl groups excluding tert-OH is 4. The maximum absolute atomic E-state index is 12.4. The van der Waals surface area contributed by atoms with Crippen LogP contribution in [-0.4, -0.2) is 99.3 Å². The third-order valence-corrected chi connectivity index (χ3v) is 7.05. The number of nitrogens with one attached hydrogen (secondary N) is 2. The number of terminal acetylenes is 1. The van der Waals surface area contributed by atoms with Crippen molar-refractivity contribution in [2.24, 2.45) is 0 Å². The Morgan fingerprint density at radius 3 is 2.36 bits per heavy atom.